The highest BCUT2D eigenvalue weighted by atomic mass is 16.5. The third kappa shape index (κ3) is 2.39. The smallest absolute Gasteiger partial charge is 0.319 e. The van der Waals surface area contributed by atoms with Gasteiger partial charge in [-0.25, -0.2) is 4.79 Å². The summed E-state index contributed by atoms with van der Waals surface area (Å²) >= 11 is 0. The molecule has 0 fully saturated rings. The van der Waals surface area contributed by atoms with E-state index in [1.54, 1.807) is 19.2 Å². The first kappa shape index (κ1) is 14.4. The van der Waals surface area contributed by atoms with Gasteiger partial charge in [0.25, 0.3) is 5.91 Å². The number of urea groups is 1. The van der Waals surface area contributed by atoms with Gasteiger partial charge in [-0.05, 0) is 17.7 Å². The van der Waals surface area contributed by atoms with Crippen LogP contribution in [0.3, 0.4) is 0 Å². The number of nitrogens with zero attached hydrogens (tertiary/aromatic N) is 1. The van der Waals surface area contributed by atoms with E-state index in [2.05, 4.69) is 10.6 Å². The van der Waals surface area contributed by atoms with E-state index in [-0.39, 0.29) is 25.1 Å². The van der Waals surface area contributed by atoms with Gasteiger partial charge in [-0.2, -0.15) is 0 Å². The lowest BCUT2D eigenvalue weighted by Gasteiger charge is -2.25. The van der Waals surface area contributed by atoms with E-state index in [4.69, 9.17) is 9.84 Å². The van der Waals surface area contributed by atoms with Gasteiger partial charge in [-0.3, -0.25) is 4.79 Å². The maximum atomic E-state index is 12.5. The Bertz CT molecular complexity index is 656. The lowest BCUT2D eigenvalue weighted by molar-refractivity contribution is -0.126. The minimum absolute atomic E-state index is 0.114. The van der Waals surface area contributed by atoms with Crippen LogP contribution in [0.2, 0.25) is 0 Å². The van der Waals surface area contributed by atoms with Gasteiger partial charge < -0.3 is 25.4 Å². The van der Waals surface area contributed by atoms with Crippen LogP contribution in [0.1, 0.15) is 11.6 Å². The van der Waals surface area contributed by atoms with Crippen molar-refractivity contribution in [2.24, 2.45) is 0 Å². The first-order chi connectivity index (χ1) is 10.6. The number of benzene rings is 1. The highest BCUT2D eigenvalue weighted by Gasteiger charge is 2.40. The van der Waals surface area contributed by atoms with Crippen LogP contribution < -0.4 is 15.4 Å². The SMILES string of the molecule is COc1cccc(C2NC(=O)NC3=C2C(=O)N(CCO)C3)c1. The number of rotatable bonds is 4. The number of nitrogens with one attached hydrogen (secondary N) is 2. The van der Waals surface area contributed by atoms with Crippen molar-refractivity contribution in [2.75, 3.05) is 26.8 Å². The van der Waals surface area contributed by atoms with Crippen molar-refractivity contribution in [1.82, 2.24) is 15.5 Å². The molecule has 0 spiro atoms. The quantitative estimate of drug-likeness (QED) is 0.738. The highest BCUT2D eigenvalue weighted by Crippen LogP contribution is 2.33. The van der Waals surface area contributed by atoms with Crippen LogP contribution in [0.5, 0.6) is 5.75 Å². The molecule has 0 saturated heterocycles. The number of carbonyl (C=O) groups excluding carboxylic acids is 2. The fourth-order valence-corrected chi connectivity index (χ4v) is 2.80. The zero-order valence-corrected chi connectivity index (χ0v) is 12.1. The molecule has 3 amide bonds. The second kappa shape index (κ2) is 5.69. The Kier molecular flexibility index (Phi) is 3.72. The Balaban J connectivity index is 1.98. The lowest BCUT2D eigenvalue weighted by atomic mass is 9.96. The molecule has 3 N–H and O–H groups in total. The van der Waals surface area contributed by atoms with Crippen LogP contribution in [0.4, 0.5) is 4.79 Å². The summed E-state index contributed by atoms with van der Waals surface area (Å²) in [6.45, 7) is 0.437. The van der Waals surface area contributed by atoms with Gasteiger partial charge in [-0.1, -0.05) is 12.1 Å². The third-order valence-corrected chi connectivity index (χ3v) is 3.82. The number of methoxy groups -OCH3 is 1. The van der Waals surface area contributed by atoms with Gasteiger partial charge in [0.15, 0.2) is 0 Å². The molecule has 2 aliphatic heterocycles. The summed E-state index contributed by atoms with van der Waals surface area (Å²) in [5.41, 5.74) is 1.89. The minimum Gasteiger partial charge on any atom is -0.497 e. The predicted molar refractivity (Wildman–Crippen MR) is 78.1 cm³/mol. The van der Waals surface area contributed by atoms with Gasteiger partial charge in [0.1, 0.15) is 5.75 Å². The van der Waals surface area contributed by atoms with E-state index in [0.717, 1.165) is 5.56 Å². The molecule has 1 unspecified atom stereocenters. The van der Waals surface area contributed by atoms with E-state index in [1.165, 1.54) is 4.90 Å². The van der Waals surface area contributed by atoms with Gasteiger partial charge in [0, 0.05) is 6.54 Å². The minimum atomic E-state index is -0.518. The number of aliphatic hydroxyl groups is 1. The topological polar surface area (TPSA) is 90.9 Å². The van der Waals surface area contributed by atoms with Crippen LogP contribution in [0.15, 0.2) is 35.5 Å². The van der Waals surface area contributed by atoms with Crippen molar-refractivity contribution >= 4 is 11.9 Å². The molecular formula is C15H17N3O4. The molecule has 2 heterocycles. The molecular weight excluding hydrogens is 286 g/mol. The summed E-state index contributed by atoms with van der Waals surface area (Å²) in [6, 6.07) is 6.39. The molecule has 3 rings (SSSR count). The van der Waals surface area contributed by atoms with Crippen LogP contribution in [0, 0.1) is 0 Å². The van der Waals surface area contributed by atoms with Crippen LogP contribution >= 0.6 is 0 Å². The number of β-amino-alcohol motifs (C(OH)–C–C–N with tert-alkyl or cyclic N) is 1. The monoisotopic (exact) mass is 303 g/mol. The number of ether oxygens (including phenoxy) is 1. The number of hydrogen-bond acceptors (Lipinski definition) is 4. The van der Waals surface area contributed by atoms with Gasteiger partial charge in [0.2, 0.25) is 0 Å². The fraction of sp³-hybridized carbons (Fsp3) is 0.333. The predicted octanol–water partition coefficient (Wildman–Crippen LogP) is 0.138. The van der Waals surface area contributed by atoms with Crippen molar-refractivity contribution in [3.63, 3.8) is 0 Å². The van der Waals surface area contributed by atoms with E-state index < -0.39 is 6.04 Å². The number of hydrogen-bond donors (Lipinski definition) is 3. The van der Waals surface area contributed by atoms with Crippen LogP contribution in [0.25, 0.3) is 0 Å². The molecule has 2 aliphatic rings. The van der Waals surface area contributed by atoms with Crippen LogP contribution in [-0.4, -0.2) is 48.8 Å². The normalized spacial score (nSPS) is 20.6. The number of amides is 3. The summed E-state index contributed by atoms with van der Waals surface area (Å²) in [7, 11) is 1.56. The summed E-state index contributed by atoms with van der Waals surface area (Å²) in [6.07, 6.45) is 0. The van der Waals surface area contributed by atoms with Gasteiger partial charge in [0.05, 0.1) is 37.6 Å². The molecule has 0 aliphatic carbocycles. The van der Waals surface area contributed by atoms with Crippen molar-refractivity contribution in [1.29, 1.82) is 0 Å². The fourth-order valence-electron chi connectivity index (χ4n) is 2.80. The first-order valence-corrected chi connectivity index (χ1v) is 6.98. The second-order valence-corrected chi connectivity index (χ2v) is 5.15. The average molecular weight is 303 g/mol. The first-order valence-electron chi connectivity index (χ1n) is 6.98. The summed E-state index contributed by atoms with van der Waals surface area (Å²) in [4.78, 5) is 25.9. The largest absolute Gasteiger partial charge is 0.497 e. The van der Waals surface area contributed by atoms with E-state index >= 15 is 0 Å². The van der Waals surface area contributed by atoms with Gasteiger partial charge >= 0.3 is 6.03 Å². The molecule has 0 aromatic heterocycles. The highest BCUT2D eigenvalue weighted by molar-refractivity contribution is 6.01. The maximum Gasteiger partial charge on any atom is 0.319 e. The zero-order valence-electron chi connectivity index (χ0n) is 12.1. The Hall–Kier alpha value is -2.54. The average Bonchev–Trinajstić information content (AvgIpc) is 2.83. The van der Waals surface area contributed by atoms with Crippen molar-refractivity contribution in [2.45, 2.75) is 6.04 Å². The molecule has 1 aromatic carbocycles. The van der Waals surface area contributed by atoms with E-state index in [9.17, 15) is 9.59 Å². The van der Waals surface area contributed by atoms with Crippen molar-refractivity contribution < 1.29 is 19.4 Å². The van der Waals surface area contributed by atoms with Gasteiger partial charge in [-0.15, -0.1) is 0 Å². The second-order valence-electron chi connectivity index (χ2n) is 5.15. The zero-order chi connectivity index (χ0) is 15.7. The molecule has 0 saturated carbocycles. The molecule has 1 aromatic rings. The summed E-state index contributed by atoms with van der Waals surface area (Å²) in [5.74, 6) is 0.481. The Morgan fingerprint density at radius 1 is 1.41 bits per heavy atom. The molecule has 0 radical (unpaired) electrons. The molecule has 116 valence electrons. The Morgan fingerprint density at radius 2 is 2.23 bits per heavy atom. The number of aliphatic hydroxyl groups excluding tert-OH is 1. The lowest BCUT2D eigenvalue weighted by Crippen LogP contribution is -2.44. The van der Waals surface area contributed by atoms with Crippen LogP contribution in [-0.2, 0) is 4.79 Å². The van der Waals surface area contributed by atoms with E-state index in [0.29, 0.717) is 23.6 Å². The van der Waals surface area contributed by atoms with Crippen molar-refractivity contribution in [3.8, 4) is 5.75 Å². The molecule has 1 atom stereocenters. The maximum absolute atomic E-state index is 12.5. The molecule has 7 heteroatoms. The summed E-state index contributed by atoms with van der Waals surface area (Å²) < 4.78 is 5.20. The standard InChI is InChI=1S/C15H17N3O4/c1-22-10-4-2-3-9(7-10)13-12-11(16-15(21)17-13)8-18(5-6-19)14(12)20/h2-4,7,13,19H,5-6,8H2,1H3,(H2,16,17,21). The summed E-state index contributed by atoms with van der Waals surface area (Å²) in [5, 5.41) is 14.5. The third-order valence-electron chi connectivity index (χ3n) is 3.82. The van der Waals surface area contributed by atoms with E-state index in [1.807, 2.05) is 12.1 Å². The molecule has 7 nitrogen and oxygen atoms in total. The molecule has 0 bridgehead atoms. The number of carbonyl (C=O) groups is 2. The Labute approximate surface area is 127 Å². The van der Waals surface area contributed by atoms with Crippen molar-refractivity contribution in [3.05, 3.63) is 41.1 Å². The Morgan fingerprint density at radius 3 is 2.95 bits per heavy atom. The molecule has 22 heavy (non-hydrogen) atoms.